The van der Waals surface area contributed by atoms with E-state index in [1.165, 1.54) is 12.1 Å². The number of amides is 1. The number of anilines is 1. The zero-order valence-electron chi connectivity index (χ0n) is 6.41. The van der Waals surface area contributed by atoms with Crippen LogP contribution >= 0.6 is 0 Å². The molecule has 66 valence electrons. The third-order valence-electron chi connectivity index (χ3n) is 1.34. The second-order valence-electron chi connectivity index (χ2n) is 2.24. The number of hydrogen-bond acceptors (Lipinski definition) is 2. The molecular weight excluding hydrogens is 175 g/mol. The predicted octanol–water partition coefficient (Wildman–Crippen LogP) is 1.79. The first kappa shape index (κ1) is 9.00. The van der Waals surface area contributed by atoms with Crippen LogP contribution in [0.2, 0.25) is 0 Å². The van der Waals surface area contributed by atoms with Gasteiger partial charge in [-0.25, -0.2) is 9.18 Å². The average molecular weight is 180 g/mol. The van der Waals surface area contributed by atoms with Gasteiger partial charge in [-0.2, -0.15) is 5.26 Å². The molecule has 1 amide bonds. The van der Waals surface area contributed by atoms with E-state index >= 15 is 0 Å². The Kier molecular flexibility index (Phi) is 2.45. The molecule has 4 nitrogen and oxygen atoms in total. The summed E-state index contributed by atoms with van der Waals surface area (Å²) in [7, 11) is 0. The van der Waals surface area contributed by atoms with Crippen LogP contribution in [-0.4, -0.2) is 11.2 Å². The average Bonchev–Trinajstić information content (AvgIpc) is 2.08. The monoisotopic (exact) mass is 180 g/mol. The first-order valence-electron chi connectivity index (χ1n) is 3.33. The zero-order valence-corrected chi connectivity index (χ0v) is 6.41. The van der Waals surface area contributed by atoms with Crippen LogP contribution < -0.4 is 5.32 Å². The maximum Gasteiger partial charge on any atom is 0.409 e. The molecule has 0 spiro atoms. The Hall–Kier alpha value is -2.09. The molecule has 1 aromatic rings. The molecule has 0 aliphatic carbocycles. The summed E-state index contributed by atoms with van der Waals surface area (Å²) in [5.41, 5.74) is -0.0139. The minimum absolute atomic E-state index is 0.147. The highest BCUT2D eigenvalue weighted by atomic mass is 19.1. The number of halogens is 1. The summed E-state index contributed by atoms with van der Waals surface area (Å²) in [5, 5.41) is 18.5. The molecule has 0 aromatic heterocycles. The van der Waals surface area contributed by atoms with Gasteiger partial charge in [0.2, 0.25) is 0 Å². The molecule has 13 heavy (non-hydrogen) atoms. The molecule has 0 atom stereocenters. The molecule has 2 N–H and O–H groups in total. The van der Waals surface area contributed by atoms with Crippen molar-refractivity contribution in [3.63, 3.8) is 0 Å². The summed E-state index contributed by atoms with van der Waals surface area (Å²) in [4.78, 5) is 10.1. The van der Waals surface area contributed by atoms with Crippen molar-refractivity contribution in [2.24, 2.45) is 0 Å². The fraction of sp³-hybridized carbons (Fsp3) is 0. The van der Waals surface area contributed by atoms with E-state index < -0.39 is 11.9 Å². The van der Waals surface area contributed by atoms with E-state index in [9.17, 15) is 9.18 Å². The van der Waals surface area contributed by atoms with E-state index in [-0.39, 0.29) is 11.3 Å². The fourth-order valence-corrected chi connectivity index (χ4v) is 0.801. The van der Waals surface area contributed by atoms with Gasteiger partial charge in [0.15, 0.2) is 0 Å². The quantitative estimate of drug-likeness (QED) is 0.691. The Morgan fingerprint density at radius 3 is 2.77 bits per heavy atom. The van der Waals surface area contributed by atoms with Crippen LogP contribution in [0.1, 0.15) is 5.56 Å². The molecule has 0 saturated carbocycles. The minimum atomic E-state index is -1.34. The van der Waals surface area contributed by atoms with E-state index in [0.29, 0.717) is 0 Å². The number of hydrogen-bond donors (Lipinski definition) is 2. The topological polar surface area (TPSA) is 73.1 Å². The number of nitriles is 1. The summed E-state index contributed by atoms with van der Waals surface area (Å²) in [6.07, 6.45) is -1.34. The number of benzene rings is 1. The number of nitrogens with one attached hydrogen (secondary N) is 1. The van der Waals surface area contributed by atoms with Gasteiger partial charge in [-0.15, -0.1) is 0 Å². The third kappa shape index (κ3) is 2.17. The molecule has 5 heteroatoms. The number of carbonyl (C=O) groups is 1. The van der Waals surface area contributed by atoms with Crippen LogP contribution in [0.5, 0.6) is 0 Å². The van der Waals surface area contributed by atoms with E-state index in [1.54, 1.807) is 6.07 Å². The Balaban J connectivity index is 3.00. The Morgan fingerprint density at radius 2 is 2.31 bits per heavy atom. The van der Waals surface area contributed by atoms with Gasteiger partial charge in [0.1, 0.15) is 5.82 Å². The first-order valence-corrected chi connectivity index (χ1v) is 3.33. The number of carboxylic acid groups (broad SMARTS) is 1. The van der Waals surface area contributed by atoms with Gasteiger partial charge in [-0.05, 0) is 18.2 Å². The first-order chi connectivity index (χ1) is 6.13. The summed E-state index contributed by atoms with van der Waals surface area (Å²) >= 11 is 0. The van der Waals surface area contributed by atoms with Crippen LogP contribution in [0.25, 0.3) is 0 Å². The van der Waals surface area contributed by atoms with Crippen molar-refractivity contribution in [2.45, 2.75) is 0 Å². The fourth-order valence-electron chi connectivity index (χ4n) is 0.801. The van der Waals surface area contributed by atoms with Crippen molar-refractivity contribution in [2.75, 3.05) is 5.32 Å². The molecule has 0 saturated heterocycles. The minimum Gasteiger partial charge on any atom is -0.465 e. The van der Waals surface area contributed by atoms with Crippen LogP contribution in [-0.2, 0) is 0 Å². The van der Waals surface area contributed by atoms with Gasteiger partial charge >= 0.3 is 6.09 Å². The van der Waals surface area contributed by atoms with E-state index in [1.807, 2.05) is 5.32 Å². The van der Waals surface area contributed by atoms with Gasteiger partial charge in [0.05, 0.1) is 17.3 Å². The van der Waals surface area contributed by atoms with Gasteiger partial charge in [0.25, 0.3) is 0 Å². The van der Waals surface area contributed by atoms with Crippen molar-refractivity contribution < 1.29 is 14.3 Å². The molecule has 1 rings (SSSR count). The SMILES string of the molecule is N#Cc1ccc(NC(=O)O)c(F)c1. The second kappa shape index (κ2) is 3.54. The second-order valence-corrected chi connectivity index (χ2v) is 2.24. The summed E-state index contributed by atoms with van der Waals surface area (Å²) in [6.45, 7) is 0. The molecule has 1 aromatic carbocycles. The summed E-state index contributed by atoms with van der Waals surface area (Å²) < 4.78 is 12.9. The molecule has 0 unspecified atom stereocenters. The van der Waals surface area contributed by atoms with Gasteiger partial charge < -0.3 is 5.11 Å². The smallest absolute Gasteiger partial charge is 0.409 e. The lowest BCUT2D eigenvalue weighted by atomic mass is 10.2. The lowest BCUT2D eigenvalue weighted by Gasteiger charge is -2.01. The highest BCUT2D eigenvalue weighted by Gasteiger charge is 2.05. The van der Waals surface area contributed by atoms with E-state index in [4.69, 9.17) is 10.4 Å². The Labute approximate surface area is 73.2 Å². The number of rotatable bonds is 1. The Morgan fingerprint density at radius 1 is 1.62 bits per heavy atom. The third-order valence-corrected chi connectivity index (χ3v) is 1.34. The van der Waals surface area contributed by atoms with Crippen LogP contribution in [0.3, 0.4) is 0 Å². The summed E-state index contributed by atoms with van der Waals surface area (Å²) in [5.74, 6) is -0.763. The normalized spacial score (nSPS) is 8.92. The molecule has 0 fully saturated rings. The molecule has 0 aliphatic rings. The zero-order chi connectivity index (χ0) is 9.84. The largest absolute Gasteiger partial charge is 0.465 e. The van der Waals surface area contributed by atoms with Crippen molar-refractivity contribution >= 4 is 11.8 Å². The van der Waals surface area contributed by atoms with E-state index in [0.717, 1.165) is 6.07 Å². The van der Waals surface area contributed by atoms with Crippen LogP contribution in [0.15, 0.2) is 18.2 Å². The van der Waals surface area contributed by atoms with Crippen molar-refractivity contribution in [1.29, 1.82) is 5.26 Å². The predicted molar refractivity (Wildman–Crippen MR) is 42.8 cm³/mol. The highest BCUT2D eigenvalue weighted by Crippen LogP contribution is 2.14. The Bertz CT molecular complexity index is 384. The van der Waals surface area contributed by atoms with Crippen molar-refractivity contribution in [3.8, 4) is 6.07 Å². The van der Waals surface area contributed by atoms with Crippen LogP contribution in [0.4, 0.5) is 14.9 Å². The van der Waals surface area contributed by atoms with Gasteiger partial charge in [0, 0.05) is 0 Å². The maximum absolute atomic E-state index is 12.9. The maximum atomic E-state index is 12.9. The van der Waals surface area contributed by atoms with Crippen molar-refractivity contribution in [1.82, 2.24) is 0 Å². The standard InChI is InChI=1S/C8H5FN2O2/c9-6-3-5(4-10)1-2-7(6)11-8(12)13/h1-3,11H,(H,12,13). The van der Waals surface area contributed by atoms with Gasteiger partial charge in [-0.1, -0.05) is 0 Å². The molecule has 0 radical (unpaired) electrons. The van der Waals surface area contributed by atoms with Crippen molar-refractivity contribution in [3.05, 3.63) is 29.6 Å². The van der Waals surface area contributed by atoms with Gasteiger partial charge in [-0.3, -0.25) is 5.32 Å². The lowest BCUT2D eigenvalue weighted by molar-refractivity contribution is 0.209. The van der Waals surface area contributed by atoms with E-state index in [2.05, 4.69) is 0 Å². The number of nitrogens with zero attached hydrogens (tertiary/aromatic N) is 1. The molecular formula is C8H5FN2O2. The molecule has 0 bridgehead atoms. The summed E-state index contributed by atoms with van der Waals surface area (Å²) in [6, 6.07) is 5.22. The molecule has 0 heterocycles. The molecule has 0 aliphatic heterocycles. The lowest BCUT2D eigenvalue weighted by Crippen LogP contribution is -2.08. The van der Waals surface area contributed by atoms with Crippen LogP contribution in [0, 0.1) is 17.1 Å². The highest BCUT2D eigenvalue weighted by molar-refractivity contribution is 5.83.